The fourth-order valence-corrected chi connectivity index (χ4v) is 4.61. The van der Waals surface area contributed by atoms with E-state index in [-0.39, 0.29) is 22.4 Å². The summed E-state index contributed by atoms with van der Waals surface area (Å²) in [5.74, 6) is -0.252. The van der Waals surface area contributed by atoms with Crippen LogP contribution in [-0.4, -0.2) is 35.3 Å². The lowest BCUT2D eigenvalue weighted by Gasteiger charge is -2.22. The van der Waals surface area contributed by atoms with Crippen LogP contribution in [0.5, 0.6) is 11.5 Å². The molecule has 4 rings (SSSR count). The molecule has 124 valence electrons. The average molecular weight is 360 g/mol. The molecule has 2 aromatic carbocycles. The third kappa shape index (κ3) is 2.55. The highest BCUT2D eigenvalue weighted by Gasteiger charge is 2.27. The first-order valence-corrected chi connectivity index (χ1v) is 9.19. The van der Waals surface area contributed by atoms with Crippen LogP contribution in [0.2, 0.25) is 5.02 Å². The molecule has 1 aliphatic rings. The van der Waals surface area contributed by atoms with Gasteiger partial charge in [-0.25, -0.2) is 0 Å². The minimum Gasteiger partial charge on any atom is -0.504 e. The van der Waals surface area contributed by atoms with Crippen molar-refractivity contribution >= 4 is 33.0 Å². The van der Waals surface area contributed by atoms with Crippen molar-refractivity contribution in [2.24, 2.45) is 0 Å². The van der Waals surface area contributed by atoms with Crippen LogP contribution in [-0.2, 0) is 6.42 Å². The largest absolute Gasteiger partial charge is 0.504 e. The normalized spacial score (nSPS) is 18.5. The van der Waals surface area contributed by atoms with Crippen LogP contribution < -0.4 is 0 Å². The fourth-order valence-electron chi connectivity index (χ4n) is 3.54. The van der Waals surface area contributed by atoms with Gasteiger partial charge in [-0.2, -0.15) is 0 Å². The second-order valence-electron chi connectivity index (χ2n) is 6.41. The first-order valence-electron chi connectivity index (χ1n) is 7.93. The molecule has 1 atom stereocenters. The smallest absolute Gasteiger partial charge is 0.176 e. The number of aromatic hydroxyl groups is 2. The zero-order valence-corrected chi connectivity index (χ0v) is 14.9. The Morgan fingerprint density at radius 1 is 1.21 bits per heavy atom. The number of nitrogens with zero attached hydrogens (tertiary/aromatic N) is 1. The Balaban J connectivity index is 1.91. The molecule has 24 heavy (non-hydrogen) atoms. The standard InChI is InChI=1S/C19H18ClNO2S/c1-21-6-4-13-14(9-16(22)19(23)18(13)20)15(10-21)11-2-3-17-12(8-11)5-7-24-17/h2-3,5,7-9,15,22-23H,4,6,10H2,1H3. The molecule has 0 fully saturated rings. The van der Waals surface area contributed by atoms with Crippen molar-refractivity contribution in [1.29, 1.82) is 0 Å². The summed E-state index contributed by atoms with van der Waals surface area (Å²) in [5, 5.41) is 23.7. The van der Waals surface area contributed by atoms with Gasteiger partial charge in [0.15, 0.2) is 11.5 Å². The summed E-state index contributed by atoms with van der Waals surface area (Å²) in [6.07, 6.45) is 0.760. The van der Waals surface area contributed by atoms with Gasteiger partial charge in [-0.3, -0.25) is 0 Å². The molecular weight excluding hydrogens is 342 g/mol. The molecule has 1 aliphatic heterocycles. The second kappa shape index (κ2) is 5.96. The Morgan fingerprint density at radius 3 is 2.88 bits per heavy atom. The molecule has 1 aromatic heterocycles. The van der Waals surface area contributed by atoms with Crippen LogP contribution in [0.1, 0.15) is 22.6 Å². The van der Waals surface area contributed by atoms with E-state index in [1.807, 2.05) is 0 Å². The van der Waals surface area contributed by atoms with Crippen molar-refractivity contribution in [2.45, 2.75) is 12.3 Å². The number of rotatable bonds is 1. The van der Waals surface area contributed by atoms with Crippen LogP contribution in [0, 0.1) is 0 Å². The maximum atomic E-state index is 10.1. The van der Waals surface area contributed by atoms with E-state index in [2.05, 4.69) is 41.6 Å². The molecule has 0 saturated carbocycles. The van der Waals surface area contributed by atoms with Crippen molar-refractivity contribution in [1.82, 2.24) is 4.90 Å². The Labute approximate surface area is 149 Å². The summed E-state index contributed by atoms with van der Waals surface area (Å²) in [6.45, 7) is 1.72. The van der Waals surface area contributed by atoms with Crippen LogP contribution in [0.15, 0.2) is 35.7 Å². The highest BCUT2D eigenvalue weighted by atomic mass is 35.5. The Kier molecular flexibility index (Phi) is 3.91. The van der Waals surface area contributed by atoms with Crippen molar-refractivity contribution in [3.8, 4) is 11.5 Å². The van der Waals surface area contributed by atoms with Crippen molar-refractivity contribution < 1.29 is 10.2 Å². The van der Waals surface area contributed by atoms with Gasteiger partial charge in [0.1, 0.15) is 0 Å². The van der Waals surface area contributed by atoms with Gasteiger partial charge in [-0.05, 0) is 65.2 Å². The number of phenols is 2. The summed E-state index contributed by atoms with van der Waals surface area (Å²) in [5.41, 5.74) is 3.15. The zero-order valence-electron chi connectivity index (χ0n) is 13.3. The molecule has 0 aliphatic carbocycles. The average Bonchev–Trinajstić information content (AvgIpc) is 2.97. The third-order valence-electron chi connectivity index (χ3n) is 4.85. The quantitative estimate of drug-likeness (QED) is 0.625. The molecule has 0 bridgehead atoms. The van der Waals surface area contributed by atoms with E-state index in [0.717, 1.165) is 30.6 Å². The number of hydrogen-bond acceptors (Lipinski definition) is 4. The van der Waals surface area contributed by atoms with E-state index in [4.69, 9.17) is 11.6 Å². The zero-order chi connectivity index (χ0) is 16.8. The lowest BCUT2D eigenvalue weighted by molar-refractivity contribution is 0.338. The number of hydrogen-bond donors (Lipinski definition) is 2. The number of benzene rings is 2. The predicted molar refractivity (Wildman–Crippen MR) is 99.7 cm³/mol. The molecular formula is C19H18ClNO2S. The molecule has 0 saturated heterocycles. The maximum absolute atomic E-state index is 10.1. The van der Waals surface area contributed by atoms with E-state index >= 15 is 0 Å². The SMILES string of the molecule is CN1CCc2c(cc(O)c(O)c2Cl)C(c2ccc3sccc3c2)C1. The lowest BCUT2D eigenvalue weighted by Crippen LogP contribution is -2.24. The van der Waals surface area contributed by atoms with Gasteiger partial charge in [0.25, 0.3) is 0 Å². The van der Waals surface area contributed by atoms with Crippen molar-refractivity contribution in [3.63, 3.8) is 0 Å². The number of phenolic OH excluding ortho intramolecular Hbond substituents is 2. The maximum Gasteiger partial charge on any atom is 0.176 e. The van der Waals surface area contributed by atoms with Crippen molar-refractivity contribution in [2.75, 3.05) is 20.1 Å². The fraction of sp³-hybridized carbons (Fsp3) is 0.263. The number of fused-ring (bicyclic) bond motifs is 2. The van der Waals surface area contributed by atoms with Gasteiger partial charge >= 0.3 is 0 Å². The highest BCUT2D eigenvalue weighted by molar-refractivity contribution is 7.17. The summed E-state index contributed by atoms with van der Waals surface area (Å²) in [4.78, 5) is 2.27. The number of thiophene rings is 1. The molecule has 2 N–H and O–H groups in total. The summed E-state index contributed by atoms with van der Waals surface area (Å²) >= 11 is 8.08. The van der Waals surface area contributed by atoms with Crippen LogP contribution in [0.4, 0.5) is 0 Å². The van der Waals surface area contributed by atoms with Gasteiger partial charge in [-0.15, -0.1) is 11.3 Å². The molecule has 0 radical (unpaired) electrons. The van der Waals surface area contributed by atoms with Gasteiger partial charge in [-0.1, -0.05) is 17.7 Å². The Bertz CT molecular complexity index is 921. The van der Waals surface area contributed by atoms with Gasteiger partial charge < -0.3 is 15.1 Å². The highest BCUT2D eigenvalue weighted by Crippen LogP contribution is 2.43. The van der Waals surface area contributed by atoms with E-state index in [9.17, 15) is 10.2 Å². The summed E-state index contributed by atoms with van der Waals surface area (Å²) in [7, 11) is 2.09. The van der Waals surface area contributed by atoms with Crippen LogP contribution >= 0.6 is 22.9 Å². The Hall–Kier alpha value is -1.75. The van der Waals surface area contributed by atoms with Gasteiger partial charge in [0.05, 0.1) is 5.02 Å². The van der Waals surface area contributed by atoms with E-state index in [1.54, 1.807) is 17.4 Å². The van der Waals surface area contributed by atoms with E-state index in [1.165, 1.54) is 15.6 Å². The number of likely N-dealkylation sites (N-methyl/N-ethyl adjacent to an activating group) is 1. The predicted octanol–water partition coefficient (Wildman–Crippen LogP) is 4.59. The monoisotopic (exact) mass is 359 g/mol. The minimum atomic E-state index is -0.216. The molecule has 2 heterocycles. The topological polar surface area (TPSA) is 43.7 Å². The molecule has 1 unspecified atom stereocenters. The van der Waals surface area contributed by atoms with Gasteiger partial charge in [0.2, 0.25) is 0 Å². The molecule has 3 nitrogen and oxygen atoms in total. The Morgan fingerprint density at radius 2 is 2.04 bits per heavy atom. The molecule has 0 amide bonds. The van der Waals surface area contributed by atoms with E-state index < -0.39 is 0 Å². The van der Waals surface area contributed by atoms with Crippen LogP contribution in [0.25, 0.3) is 10.1 Å². The van der Waals surface area contributed by atoms with Crippen LogP contribution in [0.3, 0.4) is 0 Å². The lowest BCUT2D eigenvalue weighted by atomic mass is 9.87. The van der Waals surface area contributed by atoms with Gasteiger partial charge in [0, 0.05) is 23.7 Å². The second-order valence-corrected chi connectivity index (χ2v) is 7.73. The summed E-state index contributed by atoms with van der Waals surface area (Å²) in [6, 6.07) is 10.3. The first kappa shape index (κ1) is 15.8. The summed E-state index contributed by atoms with van der Waals surface area (Å²) < 4.78 is 1.27. The molecule has 0 spiro atoms. The minimum absolute atomic E-state index is 0.112. The molecule has 5 heteroatoms. The third-order valence-corrected chi connectivity index (χ3v) is 6.15. The number of halogens is 1. The first-order chi connectivity index (χ1) is 11.5. The van der Waals surface area contributed by atoms with Crippen molar-refractivity contribution in [3.05, 3.63) is 57.4 Å². The van der Waals surface area contributed by atoms with E-state index in [0.29, 0.717) is 0 Å². The molecule has 3 aromatic rings.